The number of carbonyl (C=O) groups is 1. The Bertz CT molecular complexity index is 736. The second-order valence-electron chi connectivity index (χ2n) is 4.29. The van der Waals surface area contributed by atoms with Crippen molar-refractivity contribution in [2.75, 3.05) is 6.61 Å². The van der Waals surface area contributed by atoms with Gasteiger partial charge < -0.3 is 23.8 Å². The number of esters is 1. The molecule has 0 aliphatic rings. The molecule has 11 heteroatoms. The van der Waals surface area contributed by atoms with E-state index in [4.69, 9.17) is 32.7 Å². The van der Waals surface area contributed by atoms with Gasteiger partial charge in [0.1, 0.15) is 5.75 Å². The van der Waals surface area contributed by atoms with E-state index in [0.717, 1.165) is 11.3 Å². The number of hydrogen-bond acceptors (Lipinski definition) is 6. The van der Waals surface area contributed by atoms with Crippen LogP contribution in [-0.4, -0.2) is 17.5 Å². The maximum Gasteiger partial charge on any atom is 1.00 e. The van der Waals surface area contributed by atoms with Gasteiger partial charge in [-0.3, -0.25) is 0 Å². The summed E-state index contributed by atoms with van der Waals surface area (Å²) in [4.78, 5) is 32.5. The van der Waals surface area contributed by atoms with E-state index in [-0.39, 0.29) is 67.0 Å². The quantitative estimate of drug-likeness (QED) is 0.397. The summed E-state index contributed by atoms with van der Waals surface area (Å²) in [5.74, 6) is -2.55. The van der Waals surface area contributed by atoms with E-state index in [2.05, 4.69) is 0 Å². The summed E-state index contributed by atoms with van der Waals surface area (Å²) < 4.78 is 21.3. The van der Waals surface area contributed by atoms with Crippen LogP contribution in [0.25, 0.3) is 0 Å². The number of carbonyl (C=O) groups excluding carboxylic acids is 1. The van der Waals surface area contributed by atoms with E-state index < -0.39 is 26.0 Å². The fourth-order valence-electron chi connectivity index (χ4n) is 1.60. The molecule has 24 heavy (non-hydrogen) atoms. The molecule has 0 amide bonds. The number of rotatable bonds is 6. The molecule has 1 aromatic heterocycles. The summed E-state index contributed by atoms with van der Waals surface area (Å²) in [5, 5.41) is 2.18. The van der Waals surface area contributed by atoms with Crippen molar-refractivity contribution in [3.63, 3.8) is 0 Å². The summed E-state index contributed by atoms with van der Waals surface area (Å²) in [6.45, 7) is -0.580. The molecule has 1 heterocycles. The summed E-state index contributed by atoms with van der Waals surface area (Å²) >= 11 is 12.6. The van der Waals surface area contributed by atoms with Crippen molar-refractivity contribution in [3.05, 3.63) is 50.6 Å². The van der Waals surface area contributed by atoms with Crippen molar-refractivity contribution in [2.45, 2.75) is 5.85 Å². The van der Waals surface area contributed by atoms with Crippen molar-refractivity contribution in [3.8, 4) is 5.75 Å². The Balaban J connectivity index is 0.00000288. The fraction of sp³-hybridized carbons (Fsp3) is 0.154. The van der Waals surface area contributed by atoms with Gasteiger partial charge in [-0.05, 0) is 29.6 Å². The van der Waals surface area contributed by atoms with Crippen molar-refractivity contribution < 1.29 is 80.0 Å². The summed E-state index contributed by atoms with van der Waals surface area (Å²) in [6.07, 6.45) is 0. The molecule has 2 aromatic rings. The molecule has 0 spiro atoms. The van der Waals surface area contributed by atoms with Crippen LogP contribution in [0.2, 0.25) is 10.0 Å². The third-order valence-corrected chi connectivity index (χ3v) is 5.16. The van der Waals surface area contributed by atoms with Gasteiger partial charge in [0.15, 0.2) is 20.0 Å². The third kappa shape index (κ3) is 6.70. The van der Waals surface area contributed by atoms with Crippen LogP contribution in [0, 0.1) is 0 Å². The zero-order valence-electron chi connectivity index (χ0n) is 12.3. The van der Waals surface area contributed by atoms with E-state index in [9.17, 15) is 19.1 Å². The number of halogens is 2. The van der Waals surface area contributed by atoms with Crippen LogP contribution in [0.3, 0.4) is 0 Å². The van der Waals surface area contributed by atoms with Crippen molar-refractivity contribution in [1.82, 2.24) is 0 Å². The number of benzene rings is 1. The molecule has 0 bridgehead atoms. The van der Waals surface area contributed by atoms with Crippen LogP contribution in [0.1, 0.15) is 10.7 Å². The van der Waals surface area contributed by atoms with Crippen molar-refractivity contribution in [2.24, 2.45) is 0 Å². The van der Waals surface area contributed by atoms with Gasteiger partial charge in [-0.2, -0.15) is 0 Å². The maximum atomic E-state index is 11.8. The smallest absolute Gasteiger partial charge is 0.776 e. The standard InChI is InChI=1S/C13H11Cl2O6PS.K/c14-8-3-4-10(9(15)6-8)20-7-12(16)21-13(22(17,18)19)11-2-1-5-23-11;/h1-6,13H,7H2,(H2,17,18,19);/q;+1/p-1. The molecule has 0 fully saturated rings. The molecule has 0 saturated heterocycles. The van der Waals surface area contributed by atoms with Crippen LogP contribution in [0.5, 0.6) is 5.75 Å². The van der Waals surface area contributed by atoms with Crippen LogP contribution < -0.4 is 61.0 Å². The van der Waals surface area contributed by atoms with E-state index >= 15 is 0 Å². The average Bonchev–Trinajstić information content (AvgIpc) is 2.96. The molecule has 0 aliphatic heterocycles. The Kier molecular flexibility index (Phi) is 9.45. The summed E-state index contributed by atoms with van der Waals surface area (Å²) in [5.41, 5.74) is 0. The summed E-state index contributed by atoms with van der Waals surface area (Å²) in [6, 6.07) is 7.40. The minimum Gasteiger partial charge on any atom is -0.776 e. The number of thiophene rings is 1. The molecule has 2 rings (SSSR count). The number of ether oxygens (including phenoxy) is 2. The van der Waals surface area contributed by atoms with Crippen molar-refractivity contribution in [1.29, 1.82) is 0 Å². The molecule has 0 aliphatic carbocycles. The van der Waals surface area contributed by atoms with E-state index in [1.807, 2.05) is 0 Å². The predicted molar refractivity (Wildman–Crippen MR) is 84.9 cm³/mol. The first-order valence-corrected chi connectivity index (χ1v) is 9.40. The summed E-state index contributed by atoms with van der Waals surface area (Å²) in [7, 11) is -4.91. The first kappa shape index (κ1) is 22.6. The average molecular weight is 435 g/mol. The maximum absolute atomic E-state index is 11.8. The molecule has 6 nitrogen and oxygen atoms in total. The Hall–Kier alpha value is 0.556. The Morgan fingerprint density at radius 3 is 2.62 bits per heavy atom. The Labute approximate surface area is 194 Å². The molecular formula is C13H10Cl2KO6PS. The van der Waals surface area contributed by atoms with Gasteiger partial charge >= 0.3 is 57.4 Å². The van der Waals surface area contributed by atoms with Gasteiger partial charge in [-0.1, -0.05) is 29.3 Å². The molecular weight excluding hydrogens is 425 g/mol. The molecule has 1 aromatic carbocycles. The molecule has 2 unspecified atom stereocenters. The van der Waals surface area contributed by atoms with Gasteiger partial charge in [0.25, 0.3) is 0 Å². The van der Waals surface area contributed by atoms with Crippen molar-refractivity contribution >= 4 is 48.1 Å². The van der Waals surface area contributed by atoms with E-state index in [0.29, 0.717) is 5.02 Å². The van der Waals surface area contributed by atoms with E-state index in [1.54, 1.807) is 11.4 Å². The van der Waals surface area contributed by atoms with Crippen LogP contribution in [0.4, 0.5) is 0 Å². The van der Waals surface area contributed by atoms with E-state index in [1.165, 1.54) is 24.3 Å². The van der Waals surface area contributed by atoms with Gasteiger partial charge in [0.2, 0.25) is 0 Å². The topological polar surface area (TPSA) is 95.9 Å². The van der Waals surface area contributed by atoms with Crippen LogP contribution in [0.15, 0.2) is 35.7 Å². The fourth-order valence-corrected chi connectivity index (χ4v) is 3.94. The normalized spacial score (nSPS) is 14.2. The predicted octanol–water partition coefficient (Wildman–Crippen LogP) is 0.225. The third-order valence-electron chi connectivity index (χ3n) is 2.57. The first-order valence-electron chi connectivity index (χ1n) is 6.11. The molecule has 1 N–H and O–H groups in total. The zero-order valence-corrected chi connectivity index (χ0v) is 18.7. The van der Waals surface area contributed by atoms with Gasteiger partial charge in [0, 0.05) is 5.02 Å². The van der Waals surface area contributed by atoms with Crippen LogP contribution in [-0.2, 0) is 14.1 Å². The minimum absolute atomic E-state index is 0. The van der Waals surface area contributed by atoms with Gasteiger partial charge in [-0.25, -0.2) is 4.79 Å². The molecule has 0 saturated carbocycles. The zero-order chi connectivity index (χ0) is 17.0. The van der Waals surface area contributed by atoms with Gasteiger partial charge in [-0.15, -0.1) is 11.3 Å². The van der Waals surface area contributed by atoms with Gasteiger partial charge in [0.05, 0.1) is 9.90 Å². The number of hydrogen-bond donors (Lipinski definition) is 1. The molecule has 0 radical (unpaired) electrons. The SMILES string of the molecule is O=C(COc1ccc(Cl)cc1Cl)OC(c1cccs1)P(=O)([O-])O.[K+]. The molecule has 124 valence electrons. The Morgan fingerprint density at radius 2 is 2.08 bits per heavy atom. The second-order valence-corrected chi connectivity index (χ2v) is 7.71. The second kappa shape index (κ2) is 10.0. The minimum atomic E-state index is -4.91. The van der Waals surface area contributed by atoms with Crippen LogP contribution >= 0.6 is 42.1 Å². The Morgan fingerprint density at radius 1 is 1.38 bits per heavy atom. The first-order chi connectivity index (χ1) is 10.8. The molecule has 2 atom stereocenters. The monoisotopic (exact) mass is 434 g/mol. The largest absolute Gasteiger partial charge is 1.00 e.